The second-order valence-electron chi connectivity index (χ2n) is 4.80. The van der Waals surface area contributed by atoms with E-state index in [0.717, 1.165) is 24.4 Å². The van der Waals surface area contributed by atoms with E-state index in [0.29, 0.717) is 17.1 Å². The minimum atomic E-state index is -0.461. The Morgan fingerprint density at radius 1 is 1.58 bits per heavy atom. The van der Waals surface area contributed by atoms with Gasteiger partial charge in [-0.3, -0.25) is 0 Å². The third kappa shape index (κ3) is 2.73. The first kappa shape index (κ1) is 14.2. The molecule has 1 heterocycles. The van der Waals surface area contributed by atoms with Crippen LogP contribution in [0.2, 0.25) is 0 Å². The van der Waals surface area contributed by atoms with Gasteiger partial charge in [0.05, 0.1) is 7.11 Å². The van der Waals surface area contributed by atoms with E-state index in [9.17, 15) is 4.79 Å². The molecular formula is C13H21N3O2S. The van der Waals surface area contributed by atoms with E-state index in [-0.39, 0.29) is 5.69 Å². The standard InChI is InChI=1S/C13H21N3O2S/c1-4-19-10-6-5-9(7-10)16-8(2)15-11(12(16)14)13(17)18-3/h9-10H,4-7,14H2,1-3H3. The number of nitrogens with two attached hydrogens (primary N) is 1. The van der Waals surface area contributed by atoms with Crippen molar-refractivity contribution in [2.24, 2.45) is 0 Å². The summed E-state index contributed by atoms with van der Waals surface area (Å²) in [7, 11) is 1.35. The Labute approximate surface area is 117 Å². The zero-order valence-corrected chi connectivity index (χ0v) is 12.5. The third-order valence-electron chi connectivity index (χ3n) is 3.63. The van der Waals surface area contributed by atoms with E-state index in [2.05, 4.69) is 11.9 Å². The van der Waals surface area contributed by atoms with E-state index in [1.54, 1.807) is 0 Å². The fourth-order valence-electron chi connectivity index (χ4n) is 2.81. The van der Waals surface area contributed by atoms with Crippen LogP contribution in [0.3, 0.4) is 0 Å². The van der Waals surface area contributed by atoms with E-state index in [1.807, 2.05) is 23.3 Å². The molecule has 19 heavy (non-hydrogen) atoms. The summed E-state index contributed by atoms with van der Waals surface area (Å²) in [5.41, 5.74) is 6.31. The van der Waals surface area contributed by atoms with Crippen molar-refractivity contribution in [1.82, 2.24) is 9.55 Å². The number of thioether (sulfide) groups is 1. The van der Waals surface area contributed by atoms with Crippen LogP contribution < -0.4 is 5.73 Å². The predicted octanol–water partition coefficient (Wildman–Crippen LogP) is 2.41. The Bertz CT molecular complexity index is 473. The number of esters is 1. The number of hydrogen-bond acceptors (Lipinski definition) is 5. The summed E-state index contributed by atoms with van der Waals surface area (Å²) in [6.07, 6.45) is 3.40. The van der Waals surface area contributed by atoms with Crippen LogP contribution in [0.4, 0.5) is 5.82 Å². The molecule has 0 radical (unpaired) electrons. The van der Waals surface area contributed by atoms with Gasteiger partial charge in [0.1, 0.15) is 11.6 Å². The van der Waals surface area contributed by atoms with Crippen LogP contribution in [-0.4, -0.2) is 33.6 Å². The summed E-state index contributed by atoms with van der Waals surface area (Å²) in [6, 6.07) is 0.356. The Kier molecular flexibility index (Phi) is 4.39. The second-order valence-corrected chi connectivity index (χ2v) is 6.38. The Balaban J connectivity index is 2.22. The van der Waals surface area contributed by atoms with Crippen molar-refractivity contribution in [1.29, 1.82) is 0 Å². The maximum Gasteiger partial charge on any atom is 0.360 e. The molecule has 1 aliphatic rings. The summed E-state index contributed by atoms with van der Waals surface area (Å²) < 4.78 is 6.71. The lowest BCUT2D eigenvalue weighted by Crippen LogP contribution is -2.13. The van der Waals surface area contributed by atoms with Gasteiger partial charge in [0.25, 0.3) is 0 Å². The Morgan fingerprint density at radius 2 is 2.32 bits per heavy atom. The average molecular weight is 283 g/mol. The van der Waals surface area contributed by atoms with Crippen molar-refractivity contribution in [3.8, 4) is 0 Å². The molecule has 0 aliphatic heterocycles. The molecule has 1 aromatic rings. The number of rotatable bonds is 4. The molecule has 2 unspecified atom stereocenters. The zero-order chi connectivity index (χ0) is 14.0. The van der Waals surface area contributed by atoms with Crippen molar-refractivity contribution in [2.45, 2.75) is 44.4 Å². The van der Waals surface area contributed by atoms with Crippen LogP contribution in [0, 0.1) is 6.92 Å². The van der Waals surface area contributed by atoms with Gasteiger partial charge in [-0.15, -0.1) is 0 Å². The Morgan fingerprint density at radius 3 is 2.95 bits per heavy atom. The highest BCUT2D eigenvalue weighted by Gasteiger charge is 2.30. The number of aromatic nitrogens is 2. The lowest BCUT2D eigenvalue weighted by molar-refractivity contribution is 0.0595. The number of carbonyl (C=O) groups excluding carboxylic acids is 1. The van der Waals surface area contributed by atoms with Gasteiger partial charge in [-0.2, -0.15) is 11.8 Å². The molecule has 1 saturated carbocycles. The highest BCUT2D eigenvalue weighted by Crippen LogP contribution is 2.39. The summed E-state index contributed by atoms with van der Waals surface area (Å²) >= 11 is 2.00. The van der Waals surface area contributed by atoms with Crippen LogP contribution in [-0.2, 0) is 4.74 Å². The minimum Gasteiger partial charge on any atom is -0.464 e. The van der Waals surface area contributed by atoms with E-state index >= 15 is 0 Å². The zero-order valence-electron chi connectivity index (χ0n) is 11.7. The fourth-order valence-corrected chi connectivity index (χ4v) is 3.94. The molecule has 0 amide bonds. The van der Waals surface area contributed by atoms with Crippen LogP contribution in [0.15, 0.2) is 0 Å². The van der Waals surface area contributed by atoms with Gasteiger partial charge in [0.15, 0.2) is 5.69 Å². The number of anilines is 1. The smallest absolute Gasteiger partial charge is 0.360 e. The van der Waals surface area contributed by atoms with Crippen molar-refractivity contribution in [3.05, 3.63) is 11.5 Å². The van der Waals surface area contributed by atoms with Crippen molar-refractivity contribution < 1.29 is 9.53 Å². The van der Waals surface area contributed by atoms with Gasteiger partial charge < -0.3 is 15.0 Å². The molecule has 1 aromatic heterocycles. The number of nitrogens with zero attached hydrogens (tertiary/aromatic N) is 2. The quantitative estimate of drug-likeness (QED) is 0.859. The topological polar surface area (TPSA) is 70.1 Å². The van der Waals surface area contributed by atoms with Gasteiger partial charge in [-0.25, -0.2) is 9.78 Å². The lowest BCUT2D eigenvalue weighted by Gasteiger charge is -2.16. The monoisotopic (exact) mass is 283 g/mol. The molecule has 0 aromatic carbocycles. The number of hydrogen-bond donors (Lipinski definition) is 1. The Hall–Kier alpha value is -1.17. The number of aryl methyl sites for hydroxylation is 1. The summed E-state index contributed by atoms with van der Waals surface area (Å²) in [6.45, 7) is 4.08. The predicted molar refractivity (Wildman–Crippen MR) is 77.5 cm³/mol. The lowest BCUT2D eigenvalue weighted by atomic mass is 10.2. The largest absolute Gasteiger partial charge is 0.464 e. The summed E-state index contributed by atoms with van der Waals surface area (Å²) in [5, 5.41) is 0.692. The average Bonchev–Trinajstić information content (AvgIpc) is 2.94. The normalized spacial score (nSPS) is 22.7. The number of imidazole rings is 1. The second kappa shape index (κ2) is 5.86. The van der Waals surface area contributed by atoms with Crippen molar-refractivity contribution in [2.75, 3.05) is 18.6 Å². The van der Waals surface area contributed by atoms with Gasteiger partial charge in [-0.05, 0) is 31.9 Å². The van der Waals surface area contributed by atoms with Crippen LogP contribution in [0.25, 0.3) is 0 Å². The molecule has 2 atom stereocenters. The third-order valence-corrected chi connectivity index (χ3v) is 4.86. The van der Waals surface area contributed by atoms with Gasteiger partial charge in [0.2, 0.25) is 0 Å². The molecule has 1 aliphatic carbocycles. The minimum absolute atomic E-state index is 0.242. The van der Waals surface area contributed by atoms with Crippen LogP contribution in [0.1, 0.15) is 48.5 Å². The van der Waals surface area contributed by atoms with Gasteiger partial charge >= 0.3 is 5.97 Å². The van der Waals surface area contributed by atoms with Crippen molar-refractivity contribution in [3.63, 3.8) is 0 Å². The fraction of sp³-hybridized carbons (Fsp3) is 0.692. The molecule has 2 rings (SSSR count). The van der Waals surface area contributed by atoms with Crippen LogP contribution >= 0.6 is 11.8 Å². The maximum atomic E-state index is 11.6. The number of ether oxygens (including phenoxy) is 1. The highest BCUT2D eigenvalue weighted by molar-refractivity contribution is 7.99. The molecule has 0 spiro atoms. The number of carbonyl (C=O) groups is 1. The van der Waals surface area contributed by atoms with Gasteiger partial charge in [0, 0.05) is 11.3 Å². The molecule has 5 nitrogen and oxygen atoms in total. The van der Waals surface area contributed by atoms with Gasteiger partial charge in [-0.1, -0.05) is 6.92 Å². The summed E-state index contributed by atoms with van der Waals surface area (Å²) in [4.78, 5) is 15.9. The van der Waals surface area contributed by atoms with E-state index < -0.39 is 5.97 Å². The van der Waals surface area contributed by atoms with Crippen molar-refractivity contribution >= 4 is 23.5 Å². The number of nitrogen functional groups attached to an aromatic ring is 1. The molecular weight excluding hydrogens is 262 g/mol. The first-order valence-corrected chi connectivity index (χ1v) is 7.67. The maximum absolute atomic E-state index is 11.6. The first-order valence-electron chi connectivity index (χ1n) is 6.62. The first-order chi connectivity index (χ1) is 9.08. The summed E-state index contributed by atoms with van der Waals surface area (Å²) in [5.74, 6) is 1.92. The molecule has 6 heteroatoms. The van der Waals surface area contributed by atoms with E-state index in [4.69, 9.17) is 10.5 Å². The SMILES string of the molecule is CCSC1CCC(n2c(C)nc(C(=O)OC)c2N)C1. The number of methoxy groups -OCH3 is 1. The van der Waals surface area contributed by atoms with E-state index in [1.165, 1.54) is 13.5 Å². The molecule has 0 bridgehead atoms. The molecule has 2 N–H and O–H groups in total. The molecule has 106 valence electrons. The molecule has 0 saturated heterocycles. The molecule has 1 fully saturated rings. The van der Waals surface area contributed by atoms with Crippen LogP contribution in [0.5, 0.6) is 0 Å². The highest BCUT2D eigenvalue weighted by atomic mass is 32.2.